The summed E-state index contributed by atoms with van der Waals surface area (Å²) in [5.74, 6) is 0. The van der Waals surface area contributed by atoms with Gasteiger partial charge in [0.25, 0.3) is 0 Å². The molecule has 4 rings (SSSR count). The minimum absolute atomic E-state index is 0.138. The van der Waals surface area contributed by atoms with Crippen LogP contribution in [-0.2, 0) is 15.1 Å². The normalized spacial score (nSPS) is 26.5. The Morgan fingerprint density at radius 2 is 1.03 bits per heavy atom. The van der Waals surface area contributed by atoms with E-state index in [1.165, 1.54) is 0 Å². The summed E-state index contributed by atoms with van der Waals surface area (Å²) in [5, 5.41) is 40.2. The zero-order valence-corrected chi connectivity index (χ0v) is 16.9. The van der Waals surface area contributed by atoms with Gasteiger partial charge in [0.2, 0.25) is 0 Å². The summed E-state index contributed by atoms with van der Waals surface area (Å²) in [6.45, 7) is -0.138. The smallest absolute Gasteiger partial charge is 0.184 e. The van der Waals surface area contributed by atoms with Crippen molar-refractivity contribution in [2.75, 3.05) is 6.61 Å². The number of hydrogen-bond donors (Lipinski definition) is 4. The highest BCUT2D eigenvalue weighted by atomic mass is 16.6. The number of aliphatic hydroxyl groups excluding tert-OH is 4. The van der Waals surface area contributed by atoms with Gasteiger partial charge in [-0.25, -0.2) is 0 Å². The zero-order chi connectivity index (χ0) is 21.8. The van der Waals surface area contributed by atoms with E-state index in [-0.39, 0.29) is 6.61 Å². The van der Waals surface area contributed by atoms with Crippen molar-refractivity contribution in [1.82, 2.24) is 0 Å². The van der Waals surface area contributed by atoms with Crippen LogP contribution in [0.3, 0.4) is 0 Å². The van der Waals surface area contributed by atoms with Crippen LogP contribution in [-0.4, -0.2) is 57.7 Å². The molecule has 0 bridgehead atoms. The van der Waals surface area contributed by atoms with E-state index in [9.17, 15) is 20.4 Å². The molecule has 3 aromatic carbocycles. The zero-order valence-electron chi connectivity index (χ0n) is 16.9. The monoisotopic (exact) mass is 422 g/mol. The number of hydrogen-bond acceptors (Lipinski definition) is 6. The highest BCUT2D eigenvalue weighted by molar-refractivity contribution is 5.47. The molecular formula is C25H26O6. The molecule has 1 aliphatic rings. The van der Waals surface area contributed by atoms with Crippen molar-refractivity contribution in [2.24, 2.45) is 0 Å². The summed E-state index contributed by atoms with van der Waals surface area (Å²) in [6.07, 6.45) is -7.21. The molecule has 162 valence electrons. The van der Waals surface area contributed by atoms with Crippen LogP contribution >= 0.6 is 0 Å². The quantitative estimate of drug-likeness (QED) is 0.452. The maximum Gasteiger partial charge on any atom is 0.184 e. The summed E-state index contributed by atoms with van der Waals surface area (Å²) in [4.78, 5) is 0. The Labute approximate surface area is 180 Å². The predicted molar refractivity (Wildman–Crippen MR) is 114 cm³/mol. The lowest BCUT2D eigenvalue weighted by atomic mass is 9.80. The Morgan fingerprint density at radius 3 is 1.45 bits per heavy atom. The van der Waals surface area contributed by atoms with Gasteiger partial charge in [-0.05, 0) is 16.7 Å². The van der Waals surface area contributed by atoms with Crippen molar-refractivity contribution in [2.45, 2.75) is 36.3 Å². The molecule has 3 aromatic rings. The van der Waals surface area contributed by atoms with E-state index in [0.29, 0.717) is 0 Å². The first-order chi connectivity index (χ1) is 15.0. The standard InChI is InChI=1S/C25H26O6/c26-21-20(31-24(29)23(28)22(21)27)16-30-25(17-10-4-1-5-11-17,18-12-6-2-7-13-18)19-14-8-3-9-15-19/h1-15,20-24,26-29H,16H2/t20-,21-,22+,23+,24-/m1/s1. The minimum Gasteiger partial charge on any atom is -0.387 e. The number of aliphatic hydroxyl groups is 4. The maximum atomic E-state index is 10.4. The lowest BCUT2D eigenvalue weighted by molar-refractivity contribution is -0.291. The molecular weight excluding hydrogens is 396 g/mol. The SMILES string of the molecule is O[C@@H]1[C@H](O)[C@H](O)O[C@H](COC(c2ccccc2)(c2ccccc2)c2ccccc2)[C@H]1O. The number of rotatable bonds is 6. The van der Waals surface area contributed by atoms with Crippen LogP contribution in [0.4, 0.5) is 0 Å². The molecule has 0 saturated carbocycles. The van der Waals surface area contributed by atoms with E-state index in [1.807, 2.05) is 91.0 Å². The largest absolute Gasteiger partial charge is 0.387 e. The molecule has 5 atom stereocenters. The highest BCUT2D eigenvalue weighted by Gasteiger charge is 2.45. The molecule has 4 N–H and O–H groups in total. The average molecular weight is 422 g/mol. The van der Waals surface area contributed by atoms with Crippen LogP contribution < -0.4 is 0 Å². The first-order valence-corrected chi connectivity index (χ1v) is 10.2. The van der Waals surface area contributed by atoms with Gasteiger partial charge < -0.3 is 29.9 Å². The van der Waals surface area contributed by atoms with Crippen LogP contribution in [0, 0.1) is 0 Å². The summed E-state index contributed by atoms with van der Waals surface area (Å²) in [6, 6.07) is 29.1. The molecule has 1 aliphatic heterocycles. The van der Waals surface area contributed by atoms with Crippen LogP contribution in [0.15, 0.2) is 91.0 Å². The second kappa shape index (κ2) is 9.28. The maximum absolute atomic E-state index is 10.4. The van der Waals surface area contributed by atoms with Crippen LogP contribution in [0.2, 0.25) is 0 Å². The predicted octanol–water partition coefficient (Wildman–Crippen LogP) is 1.79. The Morgan fingerprint density at radius 1 is 0.613 bits per heavy atom. The molecule has 0 aliphatic carbocycles. The van der Waals surface area contributed by atoms with Crippen LogP contribution in [0.25, 0.3) is 0 Å². The molecule has 0 aromatic heterocycles. The van der Waals surface area contributed by atoms with Gasteiger partial charge >= 0.3 is 0 Å². The Bertz CT molecular complexity index is 853. The first-order valence-electron chi connectivity index (χ1n) is 10.2. The minimum atomic E-state index is -1.62. The van der Waals surface area contributed by atoms with Crippen LogP contribution in [0.5, 0.6) is 0 Å². The highest BCUT2D eigenvalue weighted by Crippen LogP contribution is 2.41. The first kappa shape index (κ1) is 21.6. The summed E-state index contributed by atoms with van der Waals surface area (Å²) in [7, 11) is 0. The van der Waals surface area contributed by atoms with Crippen LogP contribution in [0.1, 0.15) is 16.7 Å². The number of benzene rings is 3. The van der Waals surface area contributed by atoms with Crippen molar-refractivity contribution in [3.63, 3.8) is 0 Å². The van der Waals surface area contributed by atoms with Gasteiger partial charge in [0.15, 0.2) is 6.29 Å². The summed E-state index contributed by atoms with van der Waals surface area (Å²) >= 11 is 0. The summed E-state index contributed by atoms with van der Waals surface area (Å²) in [5.41, 5.74) is 1.59. The molecule has 1 saturated heterocycles. The van der Waals surface area contributed by atoms with E-state index >= 15 is 0 Å². The van der Waals surface area contributed by atoms with E-state index in [0.717, 1.165) is 16.7 Å². The van der Waals surface area contributed by atoms with Crippen molar-refractivity contribution in [3.8, 4) is 0 Å². The fourth-order valence-corrected chi connectivity index (χ4v) is 4.04. The molecule has 0 radical (unpaired) electrons. The van der Waals surface area contributed by atoms with Gasteiger partial charge in [0, 0.05) is 0 Å². The van der Waals surface area contributed by atoms with Gasteiger partial charge in [-0.3, -0.25) is 0 Å². The van der Waals surface area contributed by atoms with E-state index < -0.39 is 36.3 Å². The fourth-order valence-electron chi connectivity index (χ4n) is 4.04. The van der Waals surface area contributed by atoms with E-state index in [2.05, 4.69) is 0 Å². The molecule has 0 amide bonds. The van der Waals surface area contributed by atoms with Crippen molar-refractivity contribution in [3.05, 3.63) is 108 Å². The van der Waals surface area contributed by atoms with E-state index in [4.69, 9.17) is 9.47 Å². The van der Waals surface area contributed by atoms with Gasteiger partial charge in [-0.2, -0.15) is 0 Å². The Balaban J connectivity index is 1.78. The van der Waals surface area contributed by atoms with Crippen molar-refractivity contribution < 1.29 is 29.9 Å². The van der Waals surface area contributed by atoms with Gasteiger partial charge in [0.05, 0.1) is 6.61 Å². The van der Waals surface area contributed by atoms with Gasteiger partial charge in [-0.1, -0.05) is 91.0 Å². The van der Waals surface area contributed by atoms with Gasteiger partial charge in [-0.15, -0.1) is 0 Å². The molecule has 0 spiro atoms. The van der Waals surface area contributed by atoms with Crippen molar-refractivity contribution >= 4 is 0 Å². The molecule has 6 nitrogen and oxygen atoms in total. The third-order valence-electron chi connectivity index (χ3n) is 5.69. The Hall–Kier alpha value is -2.58. The Kier molecular flexibility index (Phi) is 6.48. The second-order valence-electron chi connectivity index (χ2n) is 7.63. The number of ether oxygens (including phenoxy) is 2. The third kappa shape index (κ3) is 4.14. The summed E-state index contributed by atoms with van der Waals surface area (Å²) < 4.78 is 11.9. The average Bonchev–Trinajstić information content (AvgIpc) is 2.83. The second-order valence-corrected chi connectivity index (χ2v) is 7.63. The molecule has 6 heteroatoms. The van der Waals surface area contributed by atoms with Gasteiger partial charge in [0.1, 0.15) is 30.0 Å². The topological polar surface area (TPSA) is 99.4 Å². The fraction of sp³-hybridized carbons (Fsp3) is 0.280. The molecule has 31 heavy (non-hydrogen) atoms. The molecule has 0 unspecified atom stereocenters. The third-order valence-corrected chi connectivity index (χ3v) is 5.69. The molecule has 1 fully saturated rings. The van der Waals surface area contributed by atoms with E-state index in [1.54, 1.807) is 0 Å². The lowest BCUT2D eigenvalue weighted by Gasteiger charge is -2.41. The lowest BCUT2D eigenvalue weighted by Crippen LogP contribution is -2.59. The molecule has 1 heterocycles. The van der Waals surface area contributed by atoms with Crippen molar-refractivity contribution in [1.29, 1.82) is 0 Å².